The third-order valence-corrected chi connectivity index (χ3v) is 4.47. The van der Waals surface area contributed by atoms with Crippen LogP contribution in [0.1, 0.15) is 59.8 Å². The standard InChI is InChI=1S/C19H35N5O4/c1-5-27-17(25)8-6-7-11-24(18(26)28-19(2,3)4)15-14-23-12-9-16(10-13-23)21-22-20/h16H,5-15H2,1-4H3. The number of rotatable bonds is 10. The van der Waals surface area contributed by atoms with E-state index in [2.05, 4.69) is 14.9 Å². The molecule has 1 saturated heterocycles. The fourth-order valence-electron chi connectivity index (χ4n) is 3.02. The van der Waals surface area contributed by atoms with Crippen molar-refractivity contribution in [1.82, 2.24) is 9.80 Å². The minimum Gasteiger partial charge on any atom is -0.466 e. The lowest BCUT2D eigenvalue weighted by Crippen LogP contribution is -2.44. The van der Waals surface area contributed by atoms with Gasteiger partial charge in [0, 0.05) is 37.0 Å². The van der Waals surface area contributed by atoms with Gasteiger partial charge in [-0.25, -0.2) is 4.79 Å². The van der Waals surface area contributed by atoms with Gasteiger partial charge in [0.15, 0.2) is 0 Å². The van der Waals surface area contributed by atoms with E-state index in [1.165, 1.54) is 0 Å². The van der Waals surface area contributed by atoms with Crippen LogP contribution in [0.2, 0.25) is 0 Å². The molecule has 0 aromatic carbocycles. The van der Waals surface area contributed by atoms with E-state index in [-0.39, 0.29) is 18.1 Å². The maximum atomic E-state index is 12.5. The van der Waals surface area contributed by atoms with Crippen molar-refractivity contribution in [3.05, 3.63) is 10.4 Å². The number of amides is 1. The predicted octanol–water partition coefficient (Wildman–Crippen LogP) is 3.73. The molecule has 28 heavy (non-hydrogen) atoms. The quantitative estimate of drug-likeness (QED) is 0.183. The topological polar surface area (TPSA) is 108 Å². The summed E-state index contributed by atoms with van der Waals surface area (Å²) < 4.78 is 10.5. The number of carbonyl (C=O) groups is 2. The number of unbranched alkanes of at least 4 members (excludes halogenated alkanes) is 1. The Labute approximate surface area is 168 Å². The summed E-state index contributed by atoms with van der Waals surface area (Å²) in [5.74, 6) is -0.200. The van der Waals surface area contributed by atoms with E-state index in [0.29, 0.717) is 32.5 Å². The Kier molecular flexibility index (Phi) is 10.7. The number of hydrogen-bond donors (Lipinski definition) is 0. The Bertz CT molecular complexity index is 535. The molecule has 1 rings (SSSR count). The maximum absolute atomic E-state index is 12.5. The monoisotopic (exact) mass is 397 g/mol. The van der Waals surface area contributed by atoms with Crippen LogP contribution >= 0.6 is 0 Å². The summed E-state index contributed by atoms with van der Waals surface area (Å²) in [6, 6.07) is 0.0751. The lowest BCUT2D eigenvalue weighted by atomic mass is 10.1. The average molecular weight is 398 g/mol. The first-order valence-electron chi connectivity index (χ1n) is 10.1. The largest absolute Gasteiger partial charge is 0.466 e. The molecular formula is C19H35N5O4. The highest BCUT2D eigenvalue weighted by molar-refractivity contribution is 5.69. The van der Waals surface area contributed by atoms with Crippen LogP contribution < -0.4 is 0 Å². The molecule has 1 heterocycles. The van der Waals surface area contributed by atoms with Gasteiger partial charge in [-0.2, -0.15) is 0 Å². The summed E-state index contributed by atoms with van der Waals surface area (Å²) in [4.78, 5) is 30.9. The SMILES string of the molecule is CCOC(=O)CCCCN(CCN1CCC(N=[N+]=[N-])CC1)C(=O)OC(C)(C)C. The van der Waals surface area contributed by atoms with Crippen LogP contribution in [0.15, 0.2) is 5.11 Å². The van der Waals surface area contributed by atoms with E-state index in [1.807, 2.05) is 20.8 Å². The van der Waals surface area contributed by atoms with E-state index in [0.717, 1.165) is 38.9 Å². The lowest BCUT2D eigenvalue weighted by molar-refractivity contribution is -0.143. The second kappa shape index (κ2) is 12.5. The number of carbonyl (C=O) groups excluding carboxylic acids is 2. The molecular weight excluding hydrogens is 362 g/mol. The van der Waals surface area contributed by atoms with Gasteiger partial charge in [-0.1, -0.05) is 5.11 Å². The van der Waals surface area contributed by atoms with Gasteiger partial charge in [0.25, 0.3) is 0 Å². The van der Waals surface area contributed by atoms with Crippen LogP contribution in [0.25, 0.3) is 10.4 Å². The van der Waals surface area contributed by atoms with Crippen molar-refractivity contribution in [2.45, 2.75) is 71.4 Å². The first kappa shape index (κ1) is 24.0. The van der Waals surface area contributed by atoms with Crippen LogP contribution in [0.4, 0.5) is 4.79 Å². The first-order valence-corrected chi connectivity index (χ1v) is 10.1. The van der Waals surface area contributed by atoms with Crippen molar-refractivity contribution in [2.75, 3.05) is 39.3 Å². The fourth-order valence-corrected chi connectivity index (χ4v) is 3.02. The van der Waals surface area contributed by atoms with Crippen LogP contribution in [0.3, 0.4) is 0 Å². The van der Waals surface area contributed by atoms with Crippen molar-refractivity contribution in [2.24, 2.45) is 5.11 Å². The van der Waals surface area contributed by atoms with Crippen molar-refractivity contribution in [3.63, 3.8) is 0 Å². The van der Waals surface area contributed by atoms with Gasteiger partial charge in [0.1, 0.15) is 5.60 Å². The van der Waals surface area contributed by atoms with Crippen molar-refractivity contribution < 1.29 is 19.1 Å². The van der Waals surface area contributed by atoms with E-state index < -0.39 is 5.60 Å². The third-order valence-electron chi connectivity index (χ3n) is 4.47. The molecule has 0 atom stereocenters. The van der Waals surface area contributed by atoms with Crippen LogP contribution in [0.5, 0.6) is 0 Å². The minimum absolute atomic E-state index is 0.0751. The van der Waals surface area contributed by atoms with Gasteiger partial charge in [0.2, 0.25) is 0 Å². The highest BCUT2D eigenvalue weighted by atomic mass is 16.6. The normalized spacial score (nSPS) is 15.6. The molecule has 0 radical (unpaired) electrons. The number of likely N-dealkylation sites (tertiary alicyclic amines) is 1. The van der Waals surface area contributed by atoms with Gasteiger partial charge < -0.3 is 19.3 Å². The second-order valence-corrected chi connectivity index (χ2v) is 8.01. The highest BCUT2D eigenvalue weighted by Crippen LogP contribution is 2.15. The van der Waals surface area contributed by atoms with Gasteiger partial charge in [-0.3, -0.25) is 4.79 Å². The number of hydrogen-bond acceptors (Lipinski definition) is 6. The first-order chi connectivity index (χ1) is 13.2. The minimum atomic E-state index is -0.548. The number of ether oxygens (including phenoxy) is 2. The van der Waals surface area contributed by atoms with Gasteiger partial charge in [0.05, 0.1) is 6.61 Å². The molecule has 0 spiro atoms. The van der Waals surface area contributed by atoms with Crippen molar-refractivity contribution >= 4 is 12.1 Å². The second-order valence-electron chi connectivity index (χ2n) is 8.01. The van der Waals surface area contributed by atoms with Gasteiger partial charge in [-0.05, 0) is 72.0 Å². The van der Waals surface area contributed by atoms with E-state index in [9.17, 15) is 9.59 Å². The summed E-state index contributed by atoms with van der Waals surface area (Å²) in [6.07, 6.45) is 3.12. The van der Waals surface area contributed by atoms with Crippen LogP contribution in [-0.4, -0.2) is 72.8 Å². The molecule has 9 nitrogen and oxygen atoms in total. The van der Waals surface area contributed by atoms with E-state index >= 15 is 0 Å². The molecule has 0 saturated carbocycles. The van der Waals surface area contributed by atoms with E-state index in [1.54, 1.807) is 11.8 Å². The Balaban J connectivity index is 2.47. The fraction of sp³-hybridized carbons (Fsp3) is 0.895. The van der Waals surface area contributed by atoms with Gasteiger partial charge >= 0.3 is 12.1 Å². The maximum Gasteiger partial charge on any atom is 0.410 e. The number of azide groups is 1. The molecule has 9 heteroatoms. The number of nitrogens with zero attached hydrogens (tertiary/aromatic N) is 5. The zero-order valence-electron chi connectivity index (χ0n) is 17.7. The summed E-state index contributed by atoms with van der Waals surface area (Å²) in [7, 11) is 0. The molecule has 0 N–H and O–H groups in total. The Morgan fingerprint density at radius 1 is 1.21 bits per heavy atom. The lowest BCUT2D eigenvalue weighted by Gasteiger charge is -2.33. The van der Waals surface area contributed by atoms with Crippen LogP contribution in [-0.2, 0) is 14.3 Å². The molecule has 1 aliphatic rings. The van der Waals surface area contributed by atoms with Gasteiger partial charge in [-0.15, -0.1) is 0 Å². The Morgan fingerprint density at radius 3 is 2.46 bits per heavy atom. The van der Waals surface area contributed by atoms with Crippen molar-refractivity contribution in [3.8, 4) is 0 Å². The molecule has 0 aromatic heterocycles. The van der Waals surface area contributed by atoms with Crippen LogP contribution in [0, 0.1) is 0 Å². The molecule has 1 aliphatic heterocycles. The zero-order chi connectivity index (χ0) is 21.0. The average Bonchev–Trinajstić information content (AvgIpc) is 2.61. The smallest absolute Gasteiger partial charge is 0.410 e. The number of esters is 1. The molecule has 0 unspecified atom stereocenters. The zero-order valence-corrected chi connectivity index (χ0v) is 17.7. The highest BCUT2D eigenvalue weighted by Gasteiger charge is 2.24. The summed E-state index contributed by atoms with van der Waals surface area (Å²) in [5, 5.41) is 3.79. The predicted molar refractivity (Wildman–Crippen MR) is 107 cm³/mol. The molecule has 0 aliphatic carbocycles. The van der Waals surface area contributed by atoms with Crippen molar-refractivity contribution in [1.29, 1.82) is 0 Å². The Morgan fingerprint density at radius 2 is 1.89 bits per heavy atom. The molecule has 0 bridgehead atoms. The summed E-state index contributed by atoms with van der Waals surface area (Å²) >= 11 is 0. The third kappa shape index (κ3) is 10.4. The Hall–Kier alpha value is -1.99. The molecule has 1 fully saturated rings. The number of piperidine rings is 1. The summed E-state index contributed by atoms with van der Waals surface area (Å²) in [5.41, 5.74) is 7.99. The summed E-state index contributed by atoms with van der Waals surface area (Å²) in [6.45, 7) is 11.3. The molecule has 160 valence electrons. The van der Waals surface area contributed by atoms with E-state index in [4.69, 9.17) is 15.0 Å². The molecule has 0 aromatic rings. The molecule has 1 amide bonds.